The summed E-state index contributed by atoms with van der Waals surface area (Å²) < 4.78 is 10.5. The van der Waals surface area contributed by atoms with Crippen molar-refractivity contribution in [2.75, 3.05) is 13.7 Å². The molecule has 2 rings (SSSR count). The molecule has 4 heteroatoms. The van der Waals surface area contributed by atoms with Gasteiger partial charge in [-0.25, -0.2) is 4.98 Å². The molecule has 0 unspecified atom stereocenters. The Bertz CT molecular complexity index is 564. The molecule has 2 aromatic rings. The smallest absolute Gasteiger partial charge is 0.212 e. The van der Waals surface area contributed by atoms with Crippen LogP contribution in [-0.4, -0.2) is 25.0 Å². The second-order valence-corrected chi connectivity index (χ2v) is 3.93. The van der Waals surface area contributed by atoms with Crippen molar-refractivity contribution in [1.29, 1.82) is 0 Å². The molecule has 0 radical (unpaired) electrons. The summed E-state index contributed by atoms with van der Waals surface area (Å²) in [7, 11) is 1.57. The van der Waals surface area contributed by atoms with Crippen molar-refractivity contribution >= 4 is 6.29 Å². The van der Waals surface area contributed by atoms with Crippen LogP contribution in [0.5, 0.6) is 11.6 Å². The number of carbonyl (C=O) groups excluding carboxylic acids is 1. The van der Waals surface area contributed by atoms with Gasteiger partial charge in [-0.05, 0) is 36.8 Å². The first-order valence-electron chi connectivity index (χ1n) is 6.00. The predicted octanol–water partition coefficient (Wildman–Crippen LogP) is 2.97. The first-order chi connectivity index (χ1) is 9.26. The van der Waals surface area contributed by atoms with E-state index in [9.17, 15) is 4.79 Å². The molecule has 0 N–H and O–H groups in total. The van der Waals surface area contributed by atoms with Gasteiger partial charge in [0.05, 0.1) is 13.7 Å². The van der Waals surface area contributed by atoms with Gasteiger partial charge in [-0.3, -0.25) is 4.79 Å². The SMILES string of the molecule is CCOc1cc(C=O)cc(-c2ccc(OC)nc2)c1. The van der Waals surface area contributed by atoms with Crippen LogP contribution in [0, 0.1) is 0 Å². The Hall–Kier alpha value is -2.36. The maximum atomic E-state index is 11.0. The Morgan fingerprint density at radius 2 is 2.05 bits per heavy atom. The molecule has 4 nitrogen and oxygen atoms in total. The molecular formula is C15H15NO3. The number of methoxy groups -OCH3 is 1. The Kier molecular flexibility index (Phi) is 4.13. The van der Waals surface area contributed by atoms with Gasteiger partial charge in [0, 0.05) is 23.4 Å². The van der Waals surface area contributed by atoms with E-state index in [2.05, 4.69) is 4.98 Å². The lowest BCUT2D eigenvalue weighted by Crippen LogP contribution is -1.94. The van der Waals surface area contributed by atoms with Crippen LogP contribution in [0.15, 0.2) is 36.5 Å². The molecule has 0 amide bonds. The van der Waals surface area contributed by atoms with E-state index in [4.69, 9.17) is 9.47 Å². The topological polar surface area (TPSA) is 48.4 Å². The highest BCUT2D eigenvalue weighted by Gasteiger charge is 2.05. The highest BCUT2D eigenvalue weighted by molar-refractivity contribution is 5.80. The highest BCUT2D eigenvalue weighted by Crippen LogP contribution is 2.26. The summed E-state index contributed by atoms with van der Waals surface area (Å²) in [5.74, 6) is 1.23. The number of aldehydes is 1. The molecule has 0 fully saturated rings. The number of ether oxygens (including phenoxy) is 2. The van der Waals surface area contributed by atoms with E-state index in [0.717, 1.165) is 17.4 Å². The monoisotopic (exact) mass is 257 g/mol. The van der Waals surface area contributed by atoms with Crippen LogP contribution >= 0.6 is 0 Å². The Balaban J connectivity index is 2.41. The molecular weight excluding hydrogens is 242 g/mol. The minimum Gasteiger partial charge on any atom is -0.494 e. The molecule has 0 atom stereocenters. The van der Waals surface area contributed by atoms with Crippen LogP contribution in [0.4, 0.5) is 0 Å². The van der Waals surface area contributed by atoms with Gasteiger partial charge < -0.3 is 9.47 Å². The fourth-order valence-corrected chi connectivity index (χ4v) is 1.78. The van der Waals surface area contributed by atoms with Crippen LogP contribution in [0.25, 0.3) is 11.1 Å². The van der Waals surface area contributed by atoms with E-state index in [-0.39, 0.29) is 0 Å². The molecule has 0 aliphatic carbocycles. The van der Waals surface area contributed by atoms with E-state index < -0.39 is 0 Å². The van der Waals surface area contributed by atoms with Crippen molar-refractivity contribution in [3.05, 3.63) is 42.1 Å². The van der Waals surface area contributed by atoms with Gasteiger partial charge in [-0.15, -0.1) is 0 Å². The lowest BCUT2D eigenvalue weighted by molar-refractivity contribution is 0.112. The normalized spacial score (nSPS) is 10.0. The fourth-order valence-electron chi connectivity index (χ4n) is 1.78. The molecule has 1 heterocycles. The highest BCUT2D eigenvalue weighted by atomic mass is 16.5. The predicted molar refractivity (Wildman–Crippen MR) is 72.8 cm³/mol. The molecule has 19 heavy (non-hydrogen) atoms. The summed E-state index contributed by atoms with van der Waals surface area (Å²) in [6.07, 6.45) is 2.52. The summed E-state index contributed by atoms with van der Waals surface area (Å²) >= 11 is 0. The number of pyridine rings is 1. The maximum absolute atomic E-state index is 11.0. The van der Waals surface area contributed by atoms with Crippen molar-refractivity contribution < 1.29 is 14.3 Å². The van der Waals surface area contributed by atoms with Crippen LogP contribution in [0.2, 0.25) is 0 Å². The number of rotatable bonds is 5. The van der Waals surface area contributed by atoms with Crippen LogP contribution < -0.4 is 9.47 Å². The third kappa shape index (κ3) is 3.10. The molecule has 0 aliphatic rings. The second-order valence-electron chi connectivity index (χ2n) is 3.93. The second kappa shape index (κ2) is 6.00. The summed E-state index contributed by atoms with van der Waals surface area (Å²) in [6, 6.07) is 9.09. The van der Waals surface area contributed by atoms with Crippen LogP contribution in [0.1, 0.15) is 17.3 Å². The molecule has 1 aromatic heterocycles. The molecule has 0 bridgehead atoms. The van der Waals surface area contributed by atoms with Gasteiger partial charge in [0.25, 0.3) is 0 Å². The van der Waals surface area contributed by atoms with E-state index in [1.165, 1.54) is 0 Å². The molecule has 0 aliphatic heterocycles. The molecule has 1 aromatic carbocycles. The summed E-state index contributed by atoms with van der Waals surface area (Å²) in [6.45, 7) is 2.46. The Morgan fingerprint density at radius 3 is 2.63 bits per heavy atom. The van der Waals surface area contributed by atoms with Gasteiger partial charge in [-0.1, -0.05) is 0 Å². The summed E-state index contributed by atoms with van der Waals surface area (Å²) in [5.41, 5.74) is 2.38. The zero-order valence-electron chi connectivity index (χ0n) is 10.9. The van der Waals surface area contributed by atoms with Gasteiger partial charge in [0.1, 0.15) is 12.0 Å². The quantitative estimate of drug-likeness (QED) is 0.773. The van der Waals surface area contributed by atoms with Crippen molar-refractivity contribution in [3.63, 3.8) is 0 Å². The van der Waals surface area contributed by atoms with E-state index in [1.54, 1.807) is 31.5 Å². The largest absolute Gasteiger partial charge is 0.494 e. The van der Waals surface area contributed by atoms with Crippen LogP contribution in [0.3, 0.4) is 0 Å². The van der Waals surface area contributed by atoms with Crippen LogP contribution in [-0.2, 0) is 0 Å². The van der Waals surface area contributed by atoms with Gasteiger partial charge in [-0.2, -0.15) is 0 Å². The van der Waals surface area contributed by atoms with Gasteiger partial charge in [0.15, 0.2) is 0 Å². The molecule has 0 saturated carbocycles. The average molecular weight is 257 g/mol. The van der Waals surface area contributed by atoms with Gasteiger partial charge in [0.2, 0.25) is 5.88 Å². The van der Waals surface area contributed by atoms with Gasteiger partial charge >= 0.3 is 0 Å². The van der Waals surface area contributed by atoms with E-state index in [0.29, 0.717) is 23.8 Å². The minimum absolute atomic E-state index is 0.556. The first-order valence-corrected chi connectivity index (χ1v) is 6.00. The number of aromatic nitrogens is 1. The zero-order valence-corrected chi connectivity index (χ0v) is 10.9. The Morgan fingerprint density at radius 1 is 1.21 bits per heavy atom. The fraction of sp³-hybridized carbons (Fsp3) is 0.200. The Labute approximate surface area is 112 Å². The van der Waals surface area contributed by atoms with E-state index >= 15 is 0 Å². The minimum atomic E-state index is 0.556. The molecule has 0 spiro atoms. The number of nitrogens with zero attached hydrogens (tertiary/aromatic N) is 1. The summed E-state index contributed by atoms with van der Waals surface area (Å²) in [5, 5.41) is 0. The first kappa shape index (κ1) is 13.1. The zero-order chi connectivity index (χ0) is 13.7. The van der Waals surface area contributed by atoms with Crippen molar-refractivity contribution in [1.82, 2.24) is 4.98 Å². The number of carbonyl (C=O) groups is 1. The number of hydrogen-bond acceptors (Lipinski definition) is 4. The third-order valence-corrected chi connectivity index (χ3v) is 2.65. The molecule has 98 valence electrons. The summed E-state index contributed by atoms with van der Waals surface area (Å²) in [4.78, 5) is 15.1. The van der Waals surface area contributed by atoms with E-state index in [1.807, 2.05) is 19.1 Å². The lowest BCUT2D eigenvalue weighted by atomic mass is 10.0. The third-order valence-electron chi connectivity index (χ3n) is 2.65. The number of hydrogen-bond donors (Lipinski definition) is 0. The maximum Gasteiger partial charge on any atom is 0.212 e. The standard InChI is InChI=1S/C15H15NO3/c1-3-19-14-7-11(10-17)6-13(8-14)12-4-5-15(18-2)16-9-12/h4-10H,3H2,1-2H3. The molecule has 0 saturated heterocycles. The van der Waals surface area contributed by atoms with Crippen molar-refractivity contribution in [2.45, 2.75) is 6.92 Å². The van der Waals surface area contributed by atoms with Crippen molar-refractivity contribution in [3.8, 4) is 22.8 Å². The number of benzene rings is 1. The average Bonchev–Trinajstić information content (AvgIpc) is 2.47. The lowest BCUT2D eigenvalue weighted by Gasteiger charge is -2.08. The van der Waals surface area contributed by atoms with Crippen molar-refractivity contribution in [2.24, 2.45) is 0 Å².